The molecule has 1 saturated carbocycles. The van der Waals surface area contributed by atoms with Crippen LogP contribution in [0.5, 0.6) is 0 Å². The van der Waals surface area contributed by atoms with E-state index in [1.54, 1.807) is 0 Å². The molecule has 0 unspecified atom stereocenters. The summed E-state index contributed by atoms with van der Waals surface area (Å²) in [7, 11) is 0. The van der Waals surface area contributed by atoms with Crippen LogP contribution in [0.25, 0.3) is 0 Å². The molecule has 2 atom stereocenters. The van der Waals surface area contributed by atoms with Crippen molar-refractivity contribution < 1.29 is 0 Å². The first-order chi connectivity index (χ1) is 10.6. The minimum atomic E-state index is 0.588. The zero-order chi connectivity index (χ0) is 16.3. The van der Waals surface area contributed by atoms with Crippen molar-refractivity contribution in [1.82, 2.24) is 0 Å². The zero-order valence-electron chi connectivity index (χ0n) is 16.3. The lowest BCUT2D eigenvalue weighted by molar-refractivity contribution is 0.259. The normalized spacial score (nSPS) is 22.4. The Morgan fingerprint density at radius 3 is 1.86 bits per heavy atom. The average Bonchev–Trinajstić information content (AvgIpc) is 2.92. The van der Waals surface area contributed by atoms with Crippen molar-refractivity contribution in [3.63, 3.8) is 0 Å². The van der Waals surface area contributed by atoms with Crippen molar-refractivity contribution in [2.45, 2.75) is 124 Å². The summed E-state index contributed by atoms with van der Waals surface area (Å²) in [6.07, 6.45) is 22.1. The van der Waals surface area contributed by atoms with Crippen LogP contribution >= 0.6 is 0 Å². The van der Waals surface area contributed by atoms with Gasteiger partial charge >= 0.3 is 0 Å². The highest BCUT2D eigenvalue weighted by Gasteiger charge is 2.27. The molecule has 22 heavy (non-hydrogen) atoms. The maximum Gasteiger partial charge on any atom is -0.0354 e. The molecule has 0 bridgehead atoms. The minimum absolute atomic E-state index is 0.588. The molecule has 0 aliphatic heterocycles. The largest absolute Gasteiger partial charge is 0.0654 e. The molecule has 0 aromatic heterocycles. The molecule has 0 N–H and O–H groups in total. The first kappa shape index (κ1) is 20.0. The first-order valence-electron chi connectivity index (χ1n) is 10.6. The summed E-state index contributed by atoms with van der Waals surface area (Å²) in [6, 6.07) is 0. The summed E-state index contributed by atoms with van der Waals surface area (Å²) < 4.78 is 0. The Bertz CT molecular complexity index is 253. The van der Waals surface area contributed by atoms with Gasteiger partial charge in [0.2, 0.25) is 0 Å². The summed E-state index contributed by atoms with van der Waals surface area (Å²) >= 11 is 0. The molecule has 132 valence electrons. The van der Waals surface area contributed by atoms with Gasteiger partial charge in [-0.2, -0.15) is 0 Å². The summed E-state index contributed by atoms with van der Waals surface area (Å²) in [4.78, 5) is 0. The average molecular weight is 309 g/mol. The van der Waals surface area contributed by atoms with E-state index in [0.29, 0.717) is 5.41 Å². The summed E-state index contributed by atoms with van der Waals surface area (Å²) in [5.41, 5.74) is 0.588. The molecule has 0 amide bonds. The van der Waals surface area contributed by atoms with Crippen LogP contribution in [0.1, 0.15) is 124 Å². The Morgan fingerprint density at radius 2 is 1.23 bits per heavy atom. The van der Waals surface area contributed by atoms with Gasteiger partial charge in [-0.25, -0.2) is 0 Å². The Hall–Kier alpha value is 0. The zero-order valence-corrected chi connectivity index (χ0v) is 16.3. The van der Waals surface area contributed by atoms with E-state index in [4.69, 9.17) is 0 Å². The molecule has 0 aromatic rings. The molecule has 0 radical (unpaired) electrons. The maximum atomic E-state index is 2.49. The van der Waals surface area contributed by atoms with Crippen LogP contribution in [0.4, 0.5) is 0 Å². The lowest BCUT2D eigenvalue weighted by Crippen LogP contribution is -2.13. The van der Waals surface area contributed by atoms with Crippen molar-refractivity contribution in [3.8, 4) is 0 Å². The number of hydrogen-bond donors (Lipinski definition) is 0. The van der Waals surface area contributed by atoms with Gasteiger partial charge in [0.15, 0.2) is 0 Å². The Morgan fingerprint density at radius 1 is 0.682 bits per heavy atom. The van der Waals surface area contributed by atoms with Crippen LogP contribution in [0.15, 0.2) is 0 Å². The molecule has 1 fully saturated rings. The van der Waals surface area contributed by atoms with E-state index in [1.807, 2.05) is 0 Å². The lowest BCUT2D eigenvalue weighted by Gasteiger charge is -2.26. The molecule has 0 saturated heterocycles. The van der Waals surface area contributed by atoms with Gasteiger partial charge in [-0.1, -0.05) is 111 Å². The smallest absolute Gasteiger partial charge is 0.0354 e. The molecule has 0 heteroatoms. The van der Waals surface area contributed by atoms with E-state index in [2.05, 4.69) is 27.7 Å². The fourth-order valence-electron chi connectivity index (χ4n) is 4.51. The summed E-state index contributed by atoms with van der Waals surface area (Å²) in [5, 5.41) is 0. The van der Waals surface area contributed by atoms with E-state index in [-0.39, 0.29) is 0 Å². The highest BCUT2D eigenvalue weighted by molar-refractivity contribution is 4.79. The van der Waals surface area contributed by atoms with Gasteiger partial charge in [0.25, 0.3) is 0 Å². The molecule has 0 nitrogen and oxygen atoms in total. The van der Waals surface area contributed by atoms with Gasteiger partial charge in [0, 0.05) is 0 Å². The molecular formula is C22H44. The first-order valence-corrected chi connectivity index (χ1v) is 10.6. The van der Waals surface area contributed by atoms with Gasteiger partial charge in [0.1, 0.15) is 0 Å². The topological polar surface area (TPSA) is 0 Å². The predicted molar refractivity (Wildman–Crippen MR) is 101 cm³/mol. The van der Waals surface area contributed by atoms with E-state index in [9.17, 15) is 0 Å². The van der Waals surface area contributed by atoms with Crippen LogP contribution in [0, 0.1) is 17.3 Å². The quantitative estimate of drug-likeness (QED) is 0.301. The summed E-state index contributed by atoms with van der Waals surface area (Å²) in [5.74, 6) is 2.16. The second kappa shape index (κ2) is 11.5. The number of rotatable bonds is 13. The maximum absolute atomic E-state index is 2.49. The number of unbranched alkanes of at least 4 members (excludes halogenated alkanes) is 5. The van der Waals surface area contributed by atoms with Crippen molar-refractivity contribution in [3.05, 3.63) is 0 Å². The SMILES string of the molecule is CCCCCCC[C@H]1CCC[C@@H]1CCCC(C)(C)CCCC. The predicted octanol–water partition coefficient (Wildman–Crippen LogP) is 8.15. The fourth-order valence-corrected chi connectivity index (χ4v) is 4.51. The number of hydrogen-bond acceptors (Lipinski definition) is 0. The van der Waals surface area contributed by atoms with Crippen LogP contribution in [-0.4, -0.2) is 0 Å². The van der Waals surface area contributed by atoms with Crippen molar-refractivity contribution >= 4 is 0 Å². The Kier molecular flexibility index (Phi) is 10.5. The molecular weight excluding hydrogens is 264 g/mol. The van der Waals surface area contributed by atoms with Crippen LogP contribution in [0.2, 0.25) is 0 Å². The standard InChI is InChI=1S/C22H44/c1-5-7-9-10-11-14-20-15-12-16-21(20)17-13-19-22(3,4)18-8-6-2/h20-21H,5-19H2,1-4H3/t20-,21+/m0/s1. The third-order valence-corrected chi connectivity index (χ3v) is 6.13. The molecule has 0 aromatic carbocycles. The van der Waals surface area contributed by atoms with Gasteiger partial charge in [-0.15, -0.1) is 0 Å². The van der Waals surface area contributed by atoms with E-state index < -0.39 is 0 Å². The highest BCUT2D eigenvalue weighted by Crippen LogP contribution is 2.40. The molecule has 1 aliphatic carbocycles. The second-order valence-corrected chi connectivity index (χ2v) is 8.81. The third-order valence-electron chi connectivity index (χ3n) is 6.13. The van der Waals surface area contributed by atoms with Crippen LogP contribution in [-0.2, 0) is 0 Å². The van der Waals surface area contributed by atoms with E-state index >= 15 is 0 Å². The summed E-state index contributed by atoms with van der Waals surface area (Å²) in [6.45, 7) is 9.61. The van der Waals surface area contributed by atoms with E-state index in [1.165, 1.54) is 96.3 Å². The van der Waals surface area contributed by atoms with Gasteiger partial charge in [0.05, 0.1) is 0 Å². The Labute approximate surface area is 141 Å². The van der Waals surface area contributed by atoms with Crippen molar-refractivity contribution in [2.24, 2.45) is 17.3 Å². The van der Waals surface area contributed by atoms with Gasteiger partial charge < -0.3 is 0 Å². The van der Waals surface area contributed by atoms with E-state index in [0.717, 1.165) is 11.8 Å². The highest BCUT2D eigenvalue weighted by atomic mass is 14.3. The van der Waals surface area contributed by atoms with Crippen molar-refractivity contribution in [1.29, 1.82) is 0 Å². The van der Waals surface area contributed by atoms with Gasteiger partial charge in [-0.3, -0.25) is 0 Å². The molecule has 0 spiro atoms. The van der Waals surface area contributed by atoms with Gasteiger partial charge in [-0.05, 0) is 30.1 Å². The Balaban J connectivity index is 2.15. The molecule has 0 heterocycles. The van der Waals surface area contributed by atoms with Crippen LogP contribution in [0.3, 0.4) is 0 Å². The fraction of sp³-hybridized carbons (Fsp3) is 1.00. The van der Waals surface area contributed by atoms with Crippen molar-refractivity contribution in [2.75, 3.05) is 0 Å². The van der Waals surface area contributed by atoms with Crippen LogP contribution < -0.4 is 0 Å². The minimum Gasteiger partial charge on any atom is -0.0654 e. The monoisotopic (exact) mass is 308 g/mol. The second-order valence-electron chi connectivity index (χ2n) is 8.81. The molecule has 1 aliphatic rings. The third kappa shape index (κ3) is 8.59. The molecule has 1 rings (SSSR count). The lowest BCUT2D eigenvalue weighted by atomic mass is 9.80.